The zero-order chi connectivity index (χ0) is 9.97. The third kappa shape index (κ3) is 1.53. The fourth-order valence-electron chi connectivity index (χ4n) is 0.901. The summed E-state index contributed by atoms with van der Waals surface area (Å²) in [5, 5.41) is 16.7. The van der Waals surface area contributed by atoms with Crippen molar-refractivity contribution < 1.29 is 0 Å². The fraction of sp³-hybridized carbons (Fsp3) is 0.167. The van der Waals surface area contributed by atoms with Crippen LogP contribution in [-0.2, 0) is 6.54 Å². The van der Waals surface area contributed by atoms with Crippen LogP contribution in [0.4, 0.5) is 5.00 Å². The van der Waals surface area contributed by atoms with Gasteiger partial charge in [-0.05, 0) is 0 Å². The Bertz CT molecular complexity index is 478. The average Bonchev–Trinajstić information content (AvgIpc) is 2.77. The lowest BCUT2D eigenvalue weighted by Crippen LogP contribution is -2.03. The van der Waals surface area contributed by atoms with Gasteiger partial charge in [-0.25, -0.2) is 9.67 Å². The first-order chi connectivity index (χ1) is 6.79. The van der Waals surface area contributed by atoms with Gasteiger partial charge in [-0.3, -0.25) is 0 Å². The van der Waals surface area contributed by atoms with E-state index in [9.17, 15) is 0 Å². The highest BCUT2D eigenvalue weighted by atomic mass is 32.1. The van der Waals surface area contributed by atoms with Gasteiger partial charge in [-0.15, -0.1) is 10.2 Å². The summed E-state index contributed by atoms with van der Waals surface area (Å²) in [5.74, 6) is 0.131. The lowest BCUT2D eigenvalue weighted by Gasteiger charge is -1.95. The number of hydrogen-bond donors (Lipinski definition) is 1. The van der Waals surface area contributed by atoms with Crippen LogP contribution in [0.1, 0.15) is 11.5 Å². The lowest BCUT2D eigenvalue weighted by atomic mass is 10.5. The standard InChI is InChI=1S/C6H5N7S/c7-1-5-9-3-13(11-5)2-4-6(8)14-12-10-4/h3H,2,8H2. The van der Waals surface area contributed by atoms with E-state index < -0.39 is 0 Å². The Morgan fingerprint density at radius 1 is 1.64 bits per heavy atom. The van der Waals surface area contributed by atoms with Gasteiger partial charge in [0, 0.05) is 11.5 Å². The number of aromatic nitrogens is 5. The van der Waals surface area contributed by atoms with E-state index in [0.29, 0.717) is 17.2 Å². The summed E-state index contributed by atoms with van der Waals surface area (Å²) in [6, 6.07) is 1.83. The molecule has 0 aliphatic rings. The molecule has 0 saturated carbocycles. The lowest BCUT2D eigenvalue weighted by molar-refractivity contribution is 0.667. The van der Waals surface area contributed by atoms with Gasteiger partial charge >= 0.3 is 0 Å². The molecule has 0 atom stereocenters. The first kappa shape index (κ1) is 8.58. The number of nitrogen functional groups attached to an aromatic ring is 1. The molecule has 70 valence electrons. The molecule has 0 radical (unpaired) electrons. The van der Waals surface area contributed by atoms with Crippen molar-refractivity contribution in [1.82, 2.24) is 24.4 Å². The second-order valence-corrected chi connectivity index (χ2v) is 3.25. The van der Waals surface area contributed by atoms with Crippen LogP contribution in [0.5, 0.6) is 0 Å². The normalized spacial score (nSPS) is 9.93. The van der Waals surface area contributed by atoms with Crippen molar-refractivity contribution in [3.63, 3.8) is 0 Å². The Hall–Kier alpha value is -2.01. The molecule has 2 heterocycles. The van der Waals surface area contributed by atoms with E-state index in [1.807, 2.05) is 6.07 Å². The van der Waals surface area contributed by atoms with Crippen LogP contribution in [0.2, 0.25) is 0 Å². The molecule has 0 aromatic carbocycles. The minimum atomic E-state index is 0.131. The first-order valence-corrected chi connectivity index (χ1v) is 4.43. The van der Waals surface area contributed by atoms with E-state index in [0.717, 1.165) is 11.5 Å². The van der Waals surface area contributed by atoms with Gasteiger partial charge in [-0.2, -0.15) is 5.26 Å². The molecular weight excluding hydrogens is 202 g/mol. The second-order valence-electron chi connectivity index (χ2n) is 2.46. The van der Waals surface area contributed by atoms with Crippen molar-refractivity contribution >= 4 is 16.5 Å². The van der Waals surface area contributed by atoms with E-state index in [1.165, 1.54) is 11.0 Å². The number of anilines is 1. The third-order valence-corrected chi connectivity index (χ3v) is 2.13. The van der Waals surface area contributed by atoms with E-state index in [4.69, 9.17) is 11.0 Å². The largest absolute Gasteiger partial charge is 0.388 e. The van der Waals surface area contributed by atoms with E-state index in [2.05, 4.69) is 19.7 Å². The van der Waals surface area contributed by atoms with Crippen LogP contribution in [-0.4, -0.2) is 24.4 Å². The highest BCUT2D eigenvalue weighted by Crippen LogP contribution is 2.12. The van der Waals surface area contributed by atoms with E-state index in [-0.39, 0.29) is 5.82 Å². The quantitative estimate of drug-likeness (QED) is 0.720. The molecule has 14 heavy (non-hydrogen) atoms. The Balaban J connectivity index is 2.20. The van der Waals surface area contributed by atoms with Gasteiger partial charge in [0.05, 0.1) is 6.54 Å². The maximum absolute atomic E-state index is 8.49. The van der Waals surface area contributed by atoms with Crippen molar-refractivity contribution in [1.29, 1.82) is 5.26 Å². The van der Waals surface area contributed by atoms with Crippen molar-refractivity contribution in [3.05, 3.63) is 17.8 Å². The molecule has 2 N–H and O–H groups in total. The maximum atomic E-state index is 8.49. The molecule has 0 fully saturated rings. The summed E-state index contributed by atoms with van der Waals surface area (Å²) in [7, 11) is 0. The van der Waals surface area contributed by atoms with Crippen molar-refractivity contribution in [3.8, 4) is 6.07 Å². The summed E-state index contributed by atoms with van der Waals surface area (Å²) in [6.07, 6.45) is 1.46. The predicted molar refractivity (Wildman–Crippen MR) is 48.2 cm³/mol. The minimum absolute atomic E-state index is 0.131. The zero-order valence-electron chi connectivity index (χ0n) is 6.95. The molecule has 0 spiro atoms. The van der Waals surface area contributed by atoms with Gasteiger partial charge < -0.3 is 5.73 Å². The number of nitriles is 1. The van der Waals surface area contributed by atoms with Crippen LogP contribution in [0.15, 0.2) is 6.33 Å². The highest BCUT2D eigenvalue weighted by Gasteiger charge is 2.06. The third-order valence-electron chi connectivity index (χ3n) is 1.53. The van der Waals surface area contributed by atoms with E-state index >= 15 is 0 Å². The number of rotatable bonds is 2. The van der Waals surface area contributed by atoms with Crippen molar-refractivity contribution in [2.75, 3.05) is 5.73 Å². The average molecular weight is 207 g/mol. The van der Waals surface area contributed by atoms with Crippen LogP contribution < -0.4 is 5.73 Å². The van der Waals surface area contributed by atoms with Crippen molar-refractivity contribution in [2.45, 2.75) is 6.54 Å². The predicted octanol–water partition coefficient (Wildman–Crippen LogP) is -0.368. The molecule has 0 bridgehead atoms. The summed E-state index contributed by atoms with van der Waals surface area (Å²) in [4.78, 5) is 3.75. The summed E-state index contributed by atoms with van der Waals surface area (Å²) in [5.41, 5.74) is 6.24. The molecule has 2 rings (SSSR count). The Morgan fingerprint density at radius 2 is 2.50 bits per heavy atom. The van der Waals surface area contributed by atoms with Crippen LogP contribution >= 0.6 is 11.5 Å². The van der Waals surface area contributed by atoms with Crippen molar-refractivity contribution in [2.24, 2.45) is 0 Å². The Kier molecular flexibility index (Phi) is 2.08. The minimum Gasteiger partial charge on any atom is -0.388 e. The SMILES string of the molecule is N#Cc1ncn(Cc2nnsc2N)n1. The van der Waals surface area contributed by atoms with E-state index in [1.54, 1.807) is 0 Å². The molecule has 0 saturated heterocycles. The number of nitrogens with zero attached hydrogens (tertiary/aromatic N) is 6. The number of hydrogen-bond acceptors (Lipinski definition) is 7. The van der Waals surface area contributed by atoms with Gasteiger partial charge in [0.1, 0.15) is 23.1 Å². The summed E-state index contributed by atoms with van der Waals surface area (Å²) >= 11 is 1.13. The van der Waals surface area contributed by atoms with Crippen LogP contribution in [0, 0.1) is 11.3 Å². The molecule has 7 nitrogen and oxygen atoms in total. The van der Waals surface area contributed by atoms with Crippen LogP contribution in [0.25, 0.3) is 0 Å². The molecule has 0 aliphatic heterocycles. The first-order valence-electron chi connectivity index (χ1n) is 3.66. The molecule has 2 aromatic rings. The summed E-state index contributed by atoms with van der Waals surface area (Å²) in [6.45, 7) is 0.386. The Labute approximate surface area is 83.0 Å². The monoisotopic (exact) mass is 207 g/mol. The summed E-state index contributed by atoms with van der Waals surface area (Å²) < 4.78 is 5.18. The van der Waals surface area contributed by atoms with Gasteiger partial charge in [0.2, 0.25) is 0 Å². The molecular formula is C6H5N7S. The number of nitrogens with two attached hydrogens (primary N) is 1. The topological polar surface area (TPSA) is 106 Å². The second kappa shape index (κ2) is 3.39. The van der Waals surface area contributed by atoms with Gasteiger partial charge in [0.25, 0.3) is 5.82 Å². The highest BCUT2D eigenvalue weighted by molar-refractivity contribution is 7.09. The molecule has 0 unspecified atom stereocenters. The smallest absolute Gasteiger partial charge is 0.252 e. The van der Waals surface area contributed by atoms with Crippen LogP contribution in [0.3, 0.4) is 0 Å². The molecule has 0 aliphatic carbocycles. The molecule has 8 heteroatoms. The molecule has 0 amide bonds. The molecule has 2 aromatic heterocycles. The van der Waals surface area contributed by atoms with Gasteiger partial charge in [-0.1, -0.05) is 4.49 Å². The fourth-order valence-corrected chi connectivity index (χ4v) is 1.34. The maximum Gasteiger partial charge on any atom is 0.252 e. The van der Waals surface area contributed by atoms with Gasteiger partial charge in [0.15, 0.2) is 0 Å². The zero-order valence-corrected chi connectivity index (χ0v) is 7.77. The Morgan fingerprint density at radius 3 is 3.07 bits per heavy atom.